The summed E-state index contributed by atoms with van der Waals surface area (Å²) in [6.45, 7) is 3.10. The highest BCUT2D eigenvalue weighted by molar-refractivity contribution is 5.23. The van der Waals surface area contributed by atoms with Gasteiger partial charge in [0.05, 0.1) is 0 Å². The fourth-order valence-corrected chi connectivity index (χ4v) is 1.90. The minimum absolute atomic E-state index is 0.176. The maximum Gasteiger partial charge on any atom is 0.126 e. The molecule has 2 aromatic carbocycles. The van der Waals surface area contributed by atoms with Crippen molar-refractivity contribution >= 4 is 0 Å². The van der Waals surface area contributed by atoms with Crippen LogP contribution in [0.5, 0.6) is 0 Å². The van der Waals surface area contributed by atoms with Crippen LogP contribution in [0.25, 0.3) is 0 Å². The summed E-state index contributed by atoms with van der Waals surface area (Å²) in [6.07, 6.45) is 0.756. The van der Waals surface area contributed by atoms with Gasteiger partial charge in [-0.25, -0.2) is 8.78 Å². The van der Waals surface area contributed by atoms with Crippen molar-refractivity contribution in [1.29, 1.82) is 0 Å². The van der Waals surface area contributed by atoms with E-state index in [1.807, 2.05) is 12.1 Å². The fourth-order valence-electron chi connectivity index (χ4n) is 1.90. The van der Waals surface area contributed by atoms with E-state index in [0.29, 0.717) is 12.1 Å². The van der Waals surface area contributed by atoms with Gasteiger partial charge in [-0.15, -0.1) is 0 Å². The van der Waals surface area contributed by atoms with Crippen LogP contribution in [0.1, 0.15) is 16.7 Å². The highest BCUT2D eigenvalue weighted by Gasteiger charge is 1.99. The Hall–Kier alpha value is -1.74. The molecule has 0 radical (unpaired) electrons. The molecule has 0 atom stereocenters. The Morgan fingerprint density at radius 1 is 1.00 bits per heavy atom. The molecular weight excluding hydrogens is 244 g/mol. The lowest BCUT2D eigenvalue weighted by atomic mass is 10.1. The molecule has 0 aliphatic rings. The normalized spacial score (nSPS) is 10.7. The molecule has 0 bridgehead atoms. The van der Waals surface area contributed by atoms with Crippen LogP contribution in [0.4, 0.5) is 8.78 Å². The van der Waals surface area contributed by atoms with Crippen LogP contribution >= 0.6 is 0 Å². The Morgan fingerprint density at radius 2 is 1.84 bits per heavy atom. The fraction of sp³-hybridized carbons (Fsp3) is 0.250. The first kappa shape index (κ1) is 13.7. The third-order valence-electron chi connectivity index (χ3n) is 3.04. The van der Waals surface area contributed by atoms with Crippen molar-refractivity contribution in [1.82, 2.24) is 5.32 Å². The summed E-state index contributed by atoms with van der Waals surface area (Å²) < 4.78 is 26.3. The second-order valence-corrected chi connectivity index (χ2v) is 4.64. The molecule has 0 heterocycles. The first-order chi connectivity index (χ1) is 9.15. The van der Waals surface area contributed by atoms with Gasteiger partial charge in [-0.1, -0.05) is 24.3 Å². The van der Waals surface area contributed by atoms with E-state index in [2.05, 4.69) is 5.32 Å². The monoisotopic (exact) mass is 261 g/mol. The summed E-state index contributed by atoms with van der Waals surface area (Å²) in [6, 6.07) is 11.8. The quantitative estimate of drug-likeness (QED) is 0.811. The van der Waals surface area contributed by atoms with Gasteiger partial charge in [0.15, 0.2) is 0 Å². The number of hydrogen-bond acceptors (Lipinski definition) is 1. The number of rotatable bonds is 5. The minimum atomic E-state index is -0.210. The van der Waals surface area contributed by atoms with E-state index in [0.717, 1.165) is 24.1 Å². The second-order valence-electron chi connectivity index (χ2n) is 4.64. The molecule has 0 amide bonds. The summed E-state index contributed by atoms with van der Waals surface area (Å²) in [5.41, 5.74) is 2.54. The number of aryl methyl sites for hydroxylation is 1. The Bertz CT molecular complexity index is 552. The minimum Gasteiger partial charge on any atom is -0.312 e. The first-order valence-corrected chi connectivity index (χ1v) is 6.35. The molecular formula is C16H17F2N. The number of halogens is 2. The summed E-state index contributed by atoms with van der Waals surface area (Å²) in [7, 11) is 0. The molecule has 0 saturated carbocycles. The van der Waals surface area contributed by atoms with E-state index in [4.69, 9.17) is 0 Å². The van der Waals surface area contributed by atoms with Crippen molar-refractivity contribution in [3.05, 3.63) is 70.8 Å². The van der Waals surface area contributed by atoms with Gasteiger partial charge in [0.2, 0.25) is 0 Å². The second kappa shape index (κ2) is 6.43. The highest BCUT2D eigenvalue weighted by Crippen LogP contribution is 2.09. The number of benzene rings is 2. The smallest absolute Gasteiger partial charge is 0.126 e. The molecule has 2 rings (SSSR count). The molecule has 1 nitrogen and oxygen atoms in total. The van der Waals surface area contributed by atoms with Crippen LogP contribution in [0.3, 0.4) is 0 Å². The SMILES string of the molecule is Cc1ccc(CNCCc2cccc(F)c2)cc1F. The van der Waals surface area contributed by atoms with Crippen LogP contribution in [0, 0.1) is 18.6 Å². The summed E-state index contributed by atoms with van der Waals surface area (Å²) in [5, 5.41) is 3.23. The molecule has 2 aromatic rings. The maximum atomic E-state index is 13.3. The third-order valence-corrected chi connectivity index (χ3v) is 3.04. The molecule has 0 fully saturated rings. The topological polar surface area (TPSA) is 12.0 Å². The summed E-state index contributed by atoms with van der Waals surface area (Å²) >= 11 is 0. The van der Waals surface area contributed by atoms with E-state index < -0.39 is 0 Å². The average Bonchev–Trinajstić information content (AvgIpc) is 2.39. The average molecular weight is 261 g/mol. The van der Waals surface area contributed by atoms with Gasteiger partial charge in [-0.2, -0.15) is 0 Å². The van der Waals surface area contributed by atoms with E-state index in [1.165, 1.54) is 12.1 Å². The lowest BCUT2D eigenvalue weighted by Gasteiger charge is -2.06. The van der Waals surface area contributed by atoms with E-state index in [-0.39, 0.29) is 11.6 Å². The summed E-state index contributed by atoms with van der Waals surface area (Å²) in [4.78, 5) is 0. The third kappa shape index (κ3) is 4.14. The van der Waals surface area contributed by atoms with Gasteiger partial charge in [0, 0.05) is 6.54 Å². The van der Waals surface area contributed by atoms with E-state index >= 15 is 0 Å². The molecule has 0 aromatic heterocycles. The molecule has 0 spiro atoms. The zero-order valence-electron chi connectivity index (χ0n) is 10.9. The van der Waals surface area contributed by atoms with Crippen molar-refractivity contribution in [3.63, 3.8) is 0 Å². The van der Waals surface area contributed by atoms with Gasteiger partial charge in [0.1, 0.15) is 11.6 Å². The van der Waals surface area contributed by atoms with Gasteiger partial charge in [0.25, 0.3) is 0 Å². The number of nitrogens with one attached hydrogen (secondary N) is 1. The van der Waals surface area contributed by atoms with Crippen LogP contribution in [0.2, 0.25) is 0 Å². The molecule has 0 aliphatic heterocycles. The largest absolute Gasteiger partial charge is 0.312 e. The van der Waals surface area contributed by atoms with Gasteiger partial charge in [-0.05, 0) is 54.8 Å². The molecule has 0 aliphatic carbocycles. The Morgan fingerprint density at radius 3 is 2.58 bits per heavy atom. The predicted octanol–water partition coefficient (Wildman–Crippen LogP) is 3.61. The van der Waals surface area contributed by atoms with Crippen molar-refractivity contribution in [2.24, 2.45) is 0 Å². The zero-order valence-corrected chi connectivity index (χ0v) is 10.9. The van der Waals surface area contributed by atoms with Crippen molar-refractivity contribution in [3.8, 4) is 0 Å². The van der Waals surface area contributed by atoms with E-state index in [9.17, 15) is 8.78 Å². The Balaban J connectivity index is 1.79. The Kier molecular flexibility index (Phi) is 4.63. The molecule has 3 heteroatoms. The van der Waals surface area contributed by atoms with E-state index in [1.54, 1.807) is 25.1 Å². The lowest BCUT2D eigenvalue weighted by molar-refractivity contribution is 0.610. The first-order valence-electron chi connectivity index (χ1n) is 6.35. The van der Waals surface area contributed by atoms with Gasteiger partial charge >= 0.3 is 0 Å². The summed E-state index contributed by atoms with van der Waals surface area (Å²) in [5.74, 6) is -0.387. The van der Waals surface area contributed by atoms with Crippen LogP contribution < -0.4 is 5.32 Å². The van der Waals surface area contributed by atoms with Crippen molar-refractivity contribution < 1.29 is 8.78 Å². The van der Waals surface area contributed by atoms with Crippen molar-refractivity contribution in [2.45, 2.75) is 19.9 Å². The van der Waals surface area contributed by atoms with Crippen LogP contribution in [-0.2, 0) is 13.0 Å². The predicted molar refractivity (Wildman–Crippen MR) is 72.9 cm³/mol. The number of hydrogen-bond donors (Lipinski definition) is 1. The van der Waals surface area contributed by atoms with Crippen LogP contribution in [-0.4, -0.2) is 6.54 Å². The molecule has 0 saturated heterocycles. The van der Waals surface area contributed by atoms with Gasteiger partial charge in [-0.3, -0.25) is 0 Å². The maximum absolute atomic E-state index is 13.3. The van der Waals surface area contributed by atoms with Crippen molar-refractivity contribution in [2.75, 3.05) is 6.54 Å². The highest BCUT2D eigenvalue weighted by atomic mass is 19.1. The molecule has 19 heavy (non-hydrogen) atoms. The molecule has 0 unspecified atom stereocenters. The van der Waals surface area contributed by atoms with Gasteiger partial charge < -0.3 is 5.32 Å². The molecule has 100 valence electrons. The zero-order chi connectivity index (χ0) is 13.7. The van der Waals surface area contributed by atoms with Crippen LogP contribution in [0.15, 0.2) is 42.5 Å². The standard InChI is InChI=1S/C16H17F2N/c1-12-5-6-14(10-16(12)18)11-19-8-7-13-3-2-4-15(17)9-13/h2-6,9-10,19H,7-8,11H2,1H3. The Labute approximate surface area is 112 Å². The molecule has 1 N–H and O–H groups in total. The lowest BCUT2D eigenvalue weighted by Crippen LogP contribution is -2.16.